The number of hydrogen-bond acceptors (Lipinski definition) is 2. The van der Waals surface area contributed by atoms with Gasteiger partial charge in [0.1, 0.15) is 0 Å². The lowest BCUT2D eigenvalue weighted by Crippen LogP contribution is -2.24. The van der Waals surface area contributed by atoms with Gasteiger partial charge in [0.25, 0.3) is 0 Å². The molecule has 0 bridgehead atoms. The van der Waals surface area contributed by atoms with Crippen LogP contribution in [0.2, 0.25) is 0 Å². The van der Waals surface area contributed by atoms with Crippen LogP contribution in [0.25, 0.3) is 0 Å². The Bertz CT molecular complexity index is 389. The molecule has 0 aliphatic carbocycles. The number of hydrogen-bond donors (Lipinski definition) is 4. The summed E-state index contributed by atoms with van der Waals surface area (Å²) in [5.74, 6) is 0. The third-order valence-electron chi connectivity index (χ3n) is 1.42. The Hall–Kier alpha value is -0.480. The normalized spacial score (nSPS) is 12.9. The van der Waals surface area contributed by atoms with Crippen molar-refractivity contribution < 1.29 is 28.7 Å². The molecule has 1 aromatic carbocycles. The van der Waals surface area contributed by atoms with Crippen LogP contribution >= 0.6 is 15.2 Å². The molecule has 0 spiro atoms. The van der Waals surface area contributed by atoms with E-state index in [0.29, 0.717) is 0 Å². The zero-order valence-corrected chi connectivity index (χ0v) is 8.52. The van der Waals surface area contributed by atoms with Crippen LogP contribution in [-0.4, -0.2) is 19.6 Å². The van der Waals surface area contributed by atoms with Crippen LogP contribution in [-0.2, 0) is 9.13 Å². The van der Waals surface area contributed by atoms with Crippen molar-refractivity contribution >= 4 is 25.8 Å². The fourth-order valence-electron chi connectivity index (χ4n) is 0.888. The monoisotopic (exact) mass is 237 g/mol. The first-order valence-electron chi connectivity index (χ1n) is 3.36. The smallest absolute Gasteiger partial charge is 0.321 e. The summed E-state index contributed by atoms with van der Waals surface area (Å²) in [6.45, 7) is 0. The maximum atomic E-state index is 10.8. The molecule has 0 saturated carbocycles. The largest absolute Gasteiger partial charge is 0.357 e. The van der Waals surface area contributed by atoms with Crippen LogP contribution in [0.1, 0.15) is 0 Å². The molecule has 0 saturated heterocycles. The average molecular weight is 237 g/mol. The fourth-order valence-corrected chi connectivity index (χ4v) is 2.91. The molecule has 0 heterocycles. The van der Waals surface area contributed by atoms with Gasteiger partial charge in [0, 0.05) is 0 Å². The molecule has 1 radical (unpaired) electrons. The van der Waals surface area contributed by atoms with E-state index in [2.05, 4.69) is 6.07 Å². The Morgan fingerprint density at radius 2 is 1.64 bits per heavy atom. The first kappa shape index (κ1) is 11.6. The van der Waals surface area contributed by atoms with Crippen LogP contribution in [0, 0.1) is 6.07 Å². The fraction of sp³-hybridized carbons (Fsp3) is 0. The maximum absolute atomic E-state index is 10.8. The minimum atomic E-state index is -4.70. The van der Waals surface area contributed by atoms with E-state index in [-0.39, 0.29) is 0 Å². The van der Waals surface area contributed by atoms with Gasteiger partial charge in [-0.3, -0.25) is 9.13 Å². The van der Waals surface area contributed by atoms with E-state index in [1.54, 1.807) is 0 Å². The van der Waals surface area contributed by atoms with Crippen LogP contribution in [0.5, 0.6) is 0 Å². The van der Waals surface area contributed by atoms with E-state index >= 15 is 0 Å². The zero-order chi connectivity index (χ0) is 11.0. The van der Waals surface area contributed by atoms with Crippen molar-refractivity contribution in [3.63, 3.8) is 0 Å². The van der Waals surface area contributed by atoms with Gasteiger partial charge in [0.05, 0.1) is 10.6 Å². The van der Waals surface area contributed by atoms with Gasteiger partial charge in [-0.05, 0) is 12.1 Å². The molecule has 1 rings (SSSR count). The highest BCUT2D eigenvalue weighted by Gasteiger charge is 2.30. The highest BCUT2D eigenvalue weighted by atomic mass is 31.2. The number of benzene rings is 1. The first-order chi connectivity index (χ1) is 6.23. The van der Waals surface area contributed by atoms with E-state index in [1.165, 1.54) is 12.1 Å². The Labute approximate surface area is 79.5 Å². The Morgan fingerprint density at radius 3 is 2.00 bits per heavy atom. The summed E-state index contributed by atoms with van der Waals surface area (Å²) < 4.78 is 21.7. The van der Waals surface area contributed by atoms with E-state index < -0.39 is 25.8 Å². The van der Waals surface area contributed by atoms with Crippen LogP contribution in [0.4, 0.5) is 0 Å². The maximum Gasteiger partial charge on any atom is 0.357 e. The minimum absolute atomic E-state index is 0.687. The van der Waals surface area contributed by atoms with Gasteiger partial charge in [-0.15, -0.1) is 0 Å². The lowest BCUT2D eigenvalue weighted by Gasteiger charge is -2.10. The summed E-state index contributed by atoms with van der Waals surface area (Å²) in [5, 5.41) is -1.44. The molecule has 6 nitrogen and oxygen atoms in total. The van der Waals surface area contributed by atoms with Crippen molar-refractivity contribution in [3.05, 3.63) is 24.3 Å². The molecule has 77 valence electrons. The summed E-state index contributed by atoms with van der Waals surface area (Å²) in [6, 6.07) is 5.51. The molecule has 0 amide bonds. The SMILES string of the molecule is O=P(O)(O)c1[c]cccc1P(=O)(O)O. The molecule has 0 aromatic heterocycles. The van der Waals surface area contributed by atoms with Gasteiger partial charge < -0.3 is 19.6 Å². The predicted octanol–water partition coefficient (Wildman–Crippen LogP) is -0.907. The Kier molecular flexibility index (Phi) is 2.97. The summed E-state index contributed by atoms with van der Waals surface area (Å²) in [6.07, 6.45) is 0. The van der Waals surface area contributed by atoms with E-state index in [9.17, 15) is 9.13 Å². The second-order valence-corrected chi connectivity index (χ2v) is 5.60. The molecule has 0 unspecified atom stereocenters. The second-order valence-electron chi connectivity index (χ2n) is 2.49. The third kappa shape index (κ3) is 2.51. The van der Waals surface area contributed by atoms with Gasteiger partial charge in [-0.25, -0.2) is 0 Å². The van der Waals surface area contributed by atoms with Crippen molar-refractivity contribution in [2.24, 2.45) is 0 Å². The molecule has 4 N–H and O–H groups in total. The highest BCUT2D eigenvalue weighted by molar-refractivity contribution is 7.67. The summed E-state index contributed by atoms with van der Waals surface area (Å²) in [5.41, 5.74) is 0. The lowest BCUT2D eigenvalue weighted by molar-refractivity contribution is 0.381. The Morgan fingerprint density at radius 1 is 1.07 bits per heavy atom. The predicted molar refractivity (Wildman–Crippen MR) is 48.6 cm³/mol. The van der Waals surface area contributed by atoms with E-state index in [1.807, 2.05) is 0 Å². The van der Waals surface area contributed by atoms with Crippen molar-refractivity contribution in [3.8, 4) is 0 Å². The molecular formula is C6H7O6P2. The quantitative estimate of drug-likeness (QED) is 0.495. The molecule has 1 aromatic rings. The second kappa shape index (κ2) is 3.59. The molecule has 8 heteroatoms. The Balaban J connectivity index is 3.47. The molecule has 0 fully saturated rings. The van der Waals surface area contributed by atoms with Crippen molar-refractivity contribution in [1.82, 2.24) is 0 Å². The van der Waals surface area contributed by atoms with Crippen LogP contribution in [0.3, 0.4) is 0 Å². The molecule has 0 aliphatic heterocycles. The van der Waals surface area contributed by atoms with Crippen molar-refractivity contribution in [2.45, 2.75) is 0 Å². The van der Waals surface area contributed by atoms with Gasteiger partial charge in [-0.1, -0.05) is 12.1 Å². The van der Waals surface area contributed by atoms with Crippen molar-refractivity contribution in [1.29, 1.82) is 0 Å². The summed E-state index contributed by atoms with van der Waals surface area (Å²) >= 11 is 0. The molecule has 14 heavy (non-hydrogen) atoms. The van der Waals surface area contributed by atoms with Crippen molar-refractivity contribution in [2.75, 3.05) is 0 Å². The lowest BCUT2D eigenvalue weighted by atomic mass is 10.4. The van der Waals surface area contributed by atoms with Gasteiger partial charge in [0.15, 0.2) is 0 Å². The molecular weight excluding hydrogens is 230 g/mol. The molecule has 0 aliphatic rings. The van der Waals surface area contributed by atoms with Gasteiger partial charge in [0.2, 0.25) is 0 Å². The topological polar surface area (TPSA) is 115 Å². The highest BCUT2D eigenvalue weighted by Crippen LogP contribution is 2.39. The van der Waals surface area contributed by atoms with E-state index in [0.717, 1.165) is 6.07 Å². The number of rotatable bonds is 2. The van der Waals surface area contributed by atoms with E-state index in [4.69, 9.17) is 19.6 Å². The third-order valence-corrected chi connectivity index (χ3v) is 3.55. The zero-order valence-electron chi connectivity index (χ0n) is 6.73. The minimum Gasteiger partial charge on any atom is -0.321 e. The van der Waals surface area contributed by atoms with Crippen LogP contribution in [0.15, 0.2) is 18.2 Å². The molecule has 0 atom stereocenters. The van der Waals surface area contributed by atoms with Gasteiger partial charge >= 0.3 is 15.2 Å². The standard InChI is InChI=1S/C6H7O6P2/c7-13(8,9)5-3-1-2-4-6(5)14(10,11)12/h1-3H,(H2,7,8,9)(H2,10,11,12). The average Bonchev–Trinajstić information content (AvgIpc) is 2.01. The summed E-state index contributed by atoms with van der Waals surface area (Å²) in [7, 11) is -9.38. The summed E-state index contributed by atoms with van der Waals surface area (Å²) in [4.78, 5) is 35.1. The van der Waals surface area contributed by atoms with Gasteiger partial charge in [-0.2, -0.15) is 0 Å². The first-order valence-corrected chi connectivity index (χ1v) is 6.58. The van der Waals surface area contributed by atoms with Crippen LogP contribution < -0.4 is 10.6 Å².